The average Bonchev–Trinajstić information content (AvgIpc) is 3.09. The lowest BCUT2D eigenvalue weighted by atomic mass is 10.3. The molecular formula is C15H14BrFN2O3S3. The molecule has 0 spiro atoms. The van der Waals surface area contributed by atoms with Gasteiger partial charge >= 0.3 is 0 Å². The maximum Gasteiger partial charge on any atom is 0.267 e. The van der Waals surface area contributed by atoms with Crippen molar-refractivity contribution in [2.24, 2.45) is 0 Å². The topological polar surface area (TPSA) is 66.5 Å². The molecule has 0 radical (unpaired) electrons. The second-order valence-electron chi connectivity index (χ2n) is 5.21. The zero-order valence-corrected chi connectivity index (χ0v) is 16.9. The van der Waals surface area contributed by atoms with Gasteiger partial charge in [-0.25, -0.2) is 12.8 Å². The first-order chi connectivity index (χ1) is 11.9. The largest absolute Gasteiger partial charge is 0.319 e. The Balaban J connectivity index is 1.86. The zero-order chi connectivity index (χ0) is 18.0. The van der Waals surface area contributed by atoms with Crippen LogP contribution in [-0.4, -0.2) is 43.2 Å². The molecule has 1 aliphatic heterocycles. The molecule has 10 heteroatoms. The number of hydrogen-bond donors (Lipinski definition) is 1. The highest BCUT2D eigenvalue weighted by atomic mass is 79.9. The Labute approximate surface area is 161 Å². The Morgan fingerprint density at radius 2 is 1.96 bits per heavy atom. The van der Waals surface area contributed by atoms with Gasteiger partial charge in [0.15, 0.2) is 0 Å². The highest BCUT2D eigenvalue weighted by Crippen LogP contribution is 2.28. The van der Waals surface area contributed by atoms with Crippen molar-refractivity contribution in [1.82, 2.24) is 4.31 Å². The van der Waals surface area contributed by atoms with Crippen molar-refractivity contribution < 1.29 is 17.6 Å². The third-order valence-electron chi connectivity index (χ3n) is 3.60. The summed E-state index contributed by atoms with van der Waals surface area (Å²) in [7, 11) is -3.74. The quantitative estimate of drug-likeness (QED) is 0.749. The number of nitrogens with zero attached hydrogens (tertiary/aromatic N) is 1. The number of thioether (sulfide) groups is 1. The van der Waals surface area contributed by atoms with Crippen LogP contribution >= 0.6 is 39.0 Å². The minimum atomic E-state index is -3.74. The van der Waals surface area contributed by atoms with Gasteiger partial charge in [0, 0.05) is 29.1 Å². The van der Waals surface area contributed by atoms with E-state index in [4.69, 9.17) is 0 Å². The molecule has 0 saturated carbocycles. The van der Waals surface area contributed by atoms with E-state index in [-0.39, 0.29) is 15.5 Å². The molecule has 2 heterocycles. The number of rotatable bonds is 4. The lowest BCUT2D eigenvalue weighted by molar-refractivity contribution is 0.102. The molecule has 1 fully saturated rings. The van der Waals surface area contributed by atoms with Crippen molar-refractivity contribution in [2.75, 3.05) is 29.9 Å². The van der Waals surface area contributed by atoms with Gasteiger partial charge in [0.1, 0.15) is 15.6 Å². The monoisotopic (exact) mass is 464 g/mol. The van der Waals surface area contributed by atoms with Crippen LogP contribution < -0.4 is 5.32 Å². The van der Waals surface area contributed by atoms with Crippen LogP contribution in [0.25, 0.3) is 0 Å². The van der Waals surface area contributed by atoms with Crippen molar-refractivity contribution in [3.05, 3.63) is 44.8 Å². The highest BCUT2D eigenvalue weighted by Gasteiger charge is 2.31. The van der Waals surface area contributed by atoms with Crippen LogP contribution in [0.5, 0.6) is 0 Å². The van der Waals surface area contributed by atoms with E-state index in [1.807, 2.05) is 0 Å². The van der Waals surface area contributed by atoms with Gasteiger partial charge in [0.05, 0.1) is 5.69 Å². The number of amides is 1. The lowest BCUT2D eigenvalue weighted by Crippen LogP contribution is -2.38. The molecule has 1 aromatic carbocycles. The number of carbonyl (C=O) groups excluding carboxylic acids is 1. The van der Waals surface area contributed by atoms with E-state index in [9.17, 15) is 17.6 Å². The van der Waals surface area contributed by atoms with Crippen molar-refractivity contribution in [1.29, 1.82) is 0 Å². The van der Waals surface area contributed by atoms with Gasteiger partial charge < -0.3 is 5.32 Å². The standard InChI is InChI=1S/C15H14BrFN2O3S3/c16-10-1-2-12(11(17)9-10)18-15(20)14-13(3-6-24-14)25(21,22)19-4-7-23-8-5-19/h1-3,6,9H,4-5,7-8H2,(H,18,20). The molecule has 0 bridgehead atoms. The number of sulfonamides is 1. The second kappa shape index (κ2) is 7.75. The van der Waals surface area contributed by atoms with Crippen molar-refractivity contribution in [2.45, 2.75) is 4.90 Å². The Morgan fingerprint density at radius 3 is 2.64 bits per heavy atom. The summed E-state index contributed by atoms with van der Waals surface area (Å²) in [5, 5.41) is 4.00. The van der Waals surface area contributed by atoms with Crippen molar-refractivity contribution in [3.63, 3.8) is 0 Å². The van der Waals surface area contributed by atoms with Crippen LogP contribution in [0.2, 0.25) is 0 Å². The lowest BCUT2D eigenvalue weighted by Gasteiger charge is -2.25. The van der Waals surface area contributed by atoms with Crippen LogP contribution in [0.15, 0.2) is 39.0 Å². The molecule has 1 saturated heterocycles. The molecule has 0 aliphatic carbocycles. The number of halogens is 2. The summed E-state index contributed by atoms with van der Waals surface area (Å²) in [6.45, 7) is 0.844. The van der Waals surface area contributed by atoms with E-state index in [1.54, 1.807) is 23.2 Å². The van der Waals surface area contributed by atoms with Crippen LogP contribution in [0.1, 0.15) is 9.67 Å². The fourth-order valence-electron chi connectivity index (χ4n) is 2.36. The average molecular weight is 465 g/mol. The molecule has 1 aromatic heterocycles. The van der Waals surface area contributed by atoms with E-state index in [2.05, 4.69) is 21.2 Å². The SMILES string of the molecule is O=C(Nc1ccc(Br)cc1F)c1sccc1S(=O)(=O)N1CCSCC1. The Hall–Kier alpha value is -0.940. The van der Waals surface area contributed by atoms with Crippen molar-refractivity contribution in [3.8, 4) is 0 Å². The van der Waals surface area contributed by atoms with Gasteiger partial charge in [-0.1, -0.05) is 15.9 Å². The summed E-state index contributed by atoms with van der Waals surface area (Å²) < 4.78 is 41.4. The van der Waals surface area contributed by atoms with Gasteiger partial charge in [-0.3, -0.25) is 4.79 Å². The number of anilines is 1. The minimum Gasteiger partial charge on any atom is -0.319 e. The van der Waals surface area contributed by atoms with Gasteiger partial charge in [-0.15, -0.1) is 11.3 Å². The van der Waals surface area contributed by atoms with Crippen molar-refractivity contribution >= 4 is 60.6 Å². The maximum absolute atomic E-state index is 13.9. The van der Waals surface area contributed by atoms with Crippen LogP contribution in [0.4, 0.5) is 10.1 Å². The third-order valence-corrected chi connectivity index (χ3v) is 8.02. The first-order valence-electron chi connectivity index (χ1n) is 7.31. The molecule has 1 N–H and O–H groups in total. The van der Waals surface area contributed by atoms with Crippen LogP contribution in [0, 0.1) is 5.82 Å². The van der Waals surface area contributed by atoms with E-state index in [1.165, 1.54) is 22.5 Å². The first-order valence-corrected chi connectivity index (χ1v) is 11.6. The number of thiophene rings is 1. The Kier molecular flexibility index (Phi) is 5.84. The van der Waals surface area contributed by atoms with E-state index in [0.717, 1.165) is 22.8 Å². The normalized spacial score (nSPS) is 15.9. The zero-order valence-electron chi connectivity index (χ0n) is 12.9. The fourth-order valence-corrected chi connectivity index (χ4v) is 6.57. The molecule has 5 nitrogen and oxygen atoms in total. The number of benzene rings is 1. The minimum absolute atomic E-state index is 0.000629. The predicted molar refractivity (Wildman–Crippen MR) is 102 cm³/mol. The predicted octanol–water partition coefficient (Wildman–Crippen LogP) is 3.64. The smallest absolute Gasteiger partial charge is 0.267 e. The van der Waals surface area contributed by atoms with Gasteiger partial charge in [0.2, 0.25) is 10.0 Å². The van der Waals surface area contributed by atoms with Gasteiger partial charge in [-0.05, 0) is 29.6 Å². The Bertz CT molecular complexity index is 895. The van der Waals surface area contributed by atoms with E-state index >= 15 is 0 Å². The van der Waals surface area contributed by atoms with Crippen LogP contribution in [-0.2, 0) is 10.0 Å². The summed E-state index contributed by atoms with van der Waals surface area (Å²) in [6.07, 6.45) is 0. The Morgan fingerprint density at radius 1 is 1.24 bits per heavy atom. The highest BCUT2D eigenvalue weighted by molar-refractivity contribution is 9.10. The second-order valence-corrected chi connectivity index (χ2v) is 10.2. The third kappa shape index (κ3) is 4.08. The maximum atomic E-state index is 13.9. The van der Waals surface area contributed by atoms with E-state index in [0.29, 0.717) is 17.6 Å². The summed E-state index contributed by atoms with van der Waals surface area (Å²) in [4.78, 5) is 12.5. The summed E-state index contributed by atoms with van der Waals surface area (Å²) >= 11 is 5.87. The molecule has 1 amide bonds. The number of nitrogens with one attached hydrogen (secondary N) is 1. The van der Waals surface area contributed by atoms with E-state index < -0.39 is 21.7 Å². The first kappa shape index (κ1) is 18.8. The van der Waals surface area contributed by atoms with Crippen LogP contribution in [0.3, 0.4) is 0 Å². The number of carbonyl (C=O) groups is 1. The molecule has 0 atom stereocenters. The molecule has 134 valence electrons. The summed E-state index contributed by atoms with van der Waals surface area (Å²) in [6, 6.07) is 5.67. The number of hydrogen-bond acceptors (Lipinski definition) is 5. The summed E-state index contributed by atoms with van der Waals surface area (Å²) in [5.74, 6) is 0.224. The fraction of sp³-hybridized carbons (Fsp3) is 0.267. The summed E-state index contributed by atoms with van der Waals surface area (Å²) in [5.41, 5.74) is -0.000629. The molecule has 25 heavy (non-hydrogen) atoms. The van der Waals surface area contributed by atoms with Gasteiger partial charge in [-0.2, -0.15) is 16.1 Å². The molecule has 3 rings (SSSR count). The van der Waals surface area contributed by atoms with Gasteiger partial charge in [0.25, 0.3) is 5.91 Å². The molecule has 0 unspecified atom stereocenters. The molecule has 1 aliphatic rings. The molecular weight excluding hydrogens is 451 g/mol. The molecule has 2 aromatic rings.